The van der Waals surface area contributed by atoms with Gasteiger partial charge in [-0.3, -0.25) is 4.79 Å². The van der Waals surface area contributed by atoms with Crippen molar-refractivity contribution in [2.45, 2.75) is 43.4 Å². The number of sulfonamides is 1. The predicted octanol–water partition coefficient (Wildman–Crippen LogP) is 2.49. The Balaban J connectivity index is 1.50. The Morgan fingerprint density at radius 3 is 2.42 bits per heavy atom. The van der Waals surface area contributed by atoms with Crippen molar-refractivity contribution in [2.75, 3.05) is 19.4 Å². The van der Waals surface area contributed by atoms with Gasteiger partial charge in [0.1, 0.15) is 6.07 Å². The average Bonchev–Trinajstić information content (AvgIpc) is 3.49. The molecule has 1 saturated carbocycles. The maximum absolute atomic E-state index is 13.5. The van der Waals surface area contributed by atoms with Gasteiger partial charge in [0.15, 0.2) is 0 Å². The van der Waals surface area contributed by atoms with Crippen LogP contribution in [0.4, 0.5) is 0 Å². The highest BCUT2D eigenvalue weighted by atomic mass is 32.2. The van der Waals surface area contributed by atoms with E-state index in [1.807, 2.05) is 48.5 Å². The van der Waals surface area contributed by atoms with Gasteiger partial charge in [-0.2, -0.15) is 5.26 Å². The lowest BCUT2D eigenvalue weighted by Crippen LogP contribution is -2.59. The highest BCUT2D eigenvalue weighted by molar-refractivity contribution is 7.88. The summed E-state index contributed by atoms with van der Waals surface area (Å²) in [5.74, 6) is -0.343. The molecular weight excluding hydrogens is 438 g/mol. The summed E-state index contributed by atoms with van der Waals surface area (Å²) in [6, 6.07) is 19.4. The van der Waals surface area contributed by atoms with E-state index in [0.717, 1.165) is 35.8 Å². The summed E-state index contributed by atoms with van der Waals surface area (Å²) in [6.45, 7) is 0.821. The van der Waals surface area contributed by atoms with Gasteiger partial charge in [0.25, 0.3) is 5.91 Å². The molecule has 0 aromatic heterocycles. The van der Waals surface area contributed by atoms with E-state index in [0.29, 0.717) is 26.0 Å². The van der Waals surface area contributed by atoms with Crippen LogP contribution in [0, 0.1) is 16.7 Å². The van der Waals surface area contributed by atoms with Gasteiger partial charge in [-0.05, 0) is 36.0 Å². The van der Waals surface area contributed by atoms with Crippen LogP contribution in [0.2, 0.25) is 0 Å². The Morgan fingerprint density at radius 2 is 1.85 bits per heavy atom. The standard InChI is InChI=1S/C25H27N3O4S/c1-33(30,31)27-22-21(15-18-6-5-9-20(14-18)19-7-3-2-4-8-19)28(17-24(22)10-11-24)23(29)25(16-26)12-13-32-25/h2-9,14,21-22,27H,10-13,15,17H2,1H3/t21-,22+,25?/m0/s1. The Bertz CT molecular complexity index is 1210. The number of nitrogens with zero attached hydrogens (tertiary/aromatic N) is 2. The molecule has 8 heteroatoms. The van der Waals surface area contributed by atoms with Crippen molar-refractivity contribution in [3.8, 4) is 17.2 Å². The van der Waals surface area contributed by atoms with Crippen molar-refractivity contribution in [3.63, 3.8) is 0 Å². The monoisotopic (exact) mass is 465 g/mol. The van der Waals surface area contributed by atoms with Gasteiger partial charge in [-0.1, -0.05) is 54.6 Å². The van der Waals surface area contributed by atoms with Gasteiger partial charge in [0.05, 0.1) is 18.9 Å². The number of nitriles is 1. The number of ether oxygens (including phenoxy) is 1. The second kappa shape index (κ2) is 7.94. The van der Waals surface area contributed by atoms with Crippen LogP contribution in [-0.2, 0) is 26.0 Å². The maximum Gasteiger partial charge on any atom is 0.270 e. The molecule has 1 aliphatic carbocycles. The second-order valence-corrected chi connectivity index (χ2v) is 11.3. The molecule has 1 unspecified atom stereocenters. The molecule has 7 nitrogen and oxygen atoms in total. The van der Waals surface area contributed by atoms with E-state index >= 15 is 0 Å². The Kier molecular flexibility index (Phi) is 5.31. The zero-order chi connectivity index (χ0) is 23.3. The molecule has 3 atom stereocenters. The largest absolute Gasteiger partial charge is 0.352 e. The highest BCUT2D eigenvalue weighted by Crippen LogP contribution is 2.56. The number of hydrogen-bond donors (Lipinski definition) is 1. The Morgan fingerprint density at radius 1 is 1.15 bits per heavy atom. The first-order valence-corrected chi connectivity index (χ1v) is 13.1. The molecule has 1 N–H and O–H groups in total. The predicted molar refractivity (Wildman–Crippen MR) is 123 cm³/mol. The molecule has 172 valence electrons. The molecule has 0 radical (unpaired) electrons. The summed E-state index contributed by atoms with van der Waals surface area (Å²) in [5.41, 5.74) is 1.45. The van der Waals surface area contributed by atoms with E-state index in [-0.39, 0.29) is 11.3 Å². The van der Waals surface area contributed by atoms with Crippen molar-refractivity contribution >= 4 is 15.9 Å². The summed E-state index contributed by atoms with van der Waals surface area (Å²) >= 11 is 0. The SMILES string of the molecule is CS(=O)(=O)N[C@@H]1[C@H](Cc2cccc(-c3ccccc3)c2)N(C(=O)C2(C#N)CCO2)CC12CC2. The maximum atomic E-state index is 13.5. The third kappa shape index (κ3) is 4.05. The molecule has 3 aliphatic rings. The Labute approximate surface area is 194 Å². The van der Waals surface area contributed by atoms with Crippen LogP contribution in [0.15, 0.2) is 54.6 Å². The molecule has 2 saturated heterocycles. The van der Waals surface area contributed by atoms with Crippen LogP contribution in [0.1, 0.15) is 24.8 Å². The fraction of sp³-hybridized carbons (Fsp3) is 0.440. The summed E-state index contributed by atoms with van der Waals surface area (Å²) in [5, 5.41) is 9.67. The lowest BCUT2D eigenvalue weighted by Gasteiger charge is -2.39. The normalized spacial score (nSPS) is 27.7. The first-order chi connectivity index (χ1) is 15.8. The van der Waals surface area contributed by atoms with Crippen molar-refractivity contribution in [1.82, 2.24) is 9.62 Å². The number of likely N-dealkylation sites (tertiary alicyclic amines) is 1. The number of rotatable bonds is 6. The van der Waals surface area contributed by atoms with Gasteiger partial charge in [-0.25, -0.2) is 13.1 Å². The minimum atomic E-state index is -3.48. The average molecular weight is 466 g/mol. The first-order valence-electron chi connectivity index (χ1n) is 11.2. The van der Waals surface area contributed by atoms with E-state index in [9.17, 15) is 18.5 Å². The zero-order valence-corrected chi connectivity index (χ0v) is 19.3. The lowest BCUT2D eigenvalue weighted by atomic mass is 9.91. The third-order valence-corrected chi connectivity index (χ3v) is 7.91. The number of benzene rings is 2. The van der Waals surface area contributed by atoms with E-state index < -0.39 is 27.7 Å². The second-order valence-electron chi connectivity index (χ2n) is 9.54. The van der Waals surface area contributed by atoms with Crippen LogP contribution in [0.3, 0.4) is 0 Å². The van der Waals surface area contributed by atoms with Gasteiger partial charge < -0.3 is 9.64 Å². The molecule has 0 bridgehead atoms. The number of carbonyl (C=O) groups is 1. The molecule has 33 heavy (non-hydrogen) atoms. The quantitative estimate of drug-likeness (QED) is 0.707. The van der Waals surface area contributed by atoms with Crippen LogP contribution in [0.5, 0.6) is 0 Å². The molecule has 1 amide bonds. The fourth-order valence-electron chi connectivity index (χ4n) is 5.25. The minimum absolute atomic E-state index is 0.277. The summed E-state index contributed by atoms with van der Waals surface area (Å²) < 4.78 is 32.8. The Hall–Kier alpha value is -2.73. The molecule has 3 fully saturated rings. The smallest absolute Gasteiger partial charge is 0.270 e. The van der Waals surface area contributed by atoms with Gasteiger partial charge in [0, 0.05) is 24.4 Å². The molecule has 2 aromatic rings. The fourth-order valence-corrected chi connectivity index (χ4v) is 6.12. The summed E-state index contributed by atoms with van der Waals surface area (Å²) in [7, 11) is -3.48. The van der Waals surface area contributed by atoms with Crippen molar-refractivity contribution in [3.05, 3.63) is 60.2 Å². The van der Waals surface area contributed by atoms with Crippen molar-refractivity contribution in [1.29, 1.82) is 5.26 Å². The van der Waals surface area contributed by atoms with Crippen LogP contribution >= 0.6 is 0 Å². The van der Waals surface area contributed by atoms with Crippen LogP contribution < -0.4 is 4.72 Å². The molecule has 2 aromatic carbocycles. The van der Waals surface area contributed by atoms with Crippen molar-refractivity contribution in [2.24, 2.45) is 5.41 Å². The minimum Gasteiger partial charge on any atom is -0.352 e. The topological polar surface area (TPSA) is 99.5 Å². The van der Waals surface area contributed by atoms with E-state index in [4.69, 9.17) is 4.74 Å². The van der Waals surface area contributed by atoms with Crippen molar-refractivity contribution < 1.29 is 17.9 Å². The molecular formula is C25H27N3O4S. The number of hydrogen-bond acceptors (Lipinski definition) is 5. The lowest BCUT2D eigenvalue weighted by molar-refractivity contribution is -0.172. The molecule has 2 heterocycles. The number of carbonyl (C=O) groups excluding carboxylic acids is 1. The van der Waals surface area contributed by atoms with Crippen LogP contribution in [-0.4, -0.2) is 56.3 Å². The molecule has 1 spiro atoms. The van der Waals surface area contributed by atoms with Gasteiger partial charge in [-0.15, -0.1) is 0 Å². The zero-order valence-electron chi connectivity index (χ0n) is 18.5. The number of amides is 1. The van der Waals surface area contributed by atoms with Gasteiger partial charge in [0.2, 0.25) is 15.6 Å². The third-order valence-electron chi connectivity index (χ3n) is 7.23. The van der Waals surface area contributed by atoms with E-state index in [1.54, 1.807) is 4.90 Å². The summed E-state index contributed by atoms with van der Waals surface area (Å²) in [6.07, 6.45) is 3.72. The first kappa shape index (κ1) is 22.1. The number of nitrogens with one attached hydrogen (secondary N) is 1. The summed E-state index contributed by atoms with van der Waals surface area (Å²) in [4.78, 5) is 15.2. The van der Waals surface area contributed by atoms with E-state index in [1.165, 1.54) is 0 Å². The van der Waals surface area contributed by atoms with Gasteiger partial charge >= 0.3 is 0 Å². The molecule has 2 aliphatic heterocycles. The molecule has 5 rings (SSSR count). The van der Waals surface area contributed by atoms with E-state index in [2.05, 4.69) is 16.9 Å². The highest BCUT2D eigenvalue weighted by Gasteiger charge is 2.63. The van der Waals surface area contributed by atoms with Crippen LogP contribution in [0.25, 0.3) is 11.1 Å².